The number of benzene rings is 1. The summed E-state index contributed by atoms with van der Waals surface area (Å²) in [6.07, 6.45) is 1.48. The molecule has 4 nitrogen and oxygen atoms in total. The molecule has 0 bridgehead atoms. The number of rotatable bonds is 2. The Balaban J connectivity index is 2.08. The Bertz CT molecular complexity index is 741. The third kappa shape index (κ3) is 3.02. The van der Waals surface area contributed by atoms with Gasteiger partial charge in [-0.25, -0.2) is 4.68 Å². The monoisotopic (exact) mass is 308 g/mol. The predicted octanol–water partition coefficient (Wildman–Crippen LogP) is 3.22. The van der Waals surface area contributed by atoms with Crippen molar-refractivity contribution in [3.05, 3.63) is 46.8 Å². The smallest absolute Gasteiger partial charge is 0.0730 e. The summed E-state index contributed by atoms with van der Waals surface area (Å²) >= 11 is 0. The van der Waals surface area contributed by atoms with E-state index in [1.165, 1.54) is 17.0 Å². The first-order chi connectivity index (χ1) is 10.9. The first-order valence-electron chi connectivity index (χ1n) is 8.16. The van der Waals surface area contributed by atoms with Crippen molar-refractivity contribution in [2.45, 2.75) is 45.6 Å². The fourth-order valence-corrected chi connectivity index (χ4v) is 3.22. The molecule has 1 aromatic carbocycles. The van der Waals surface area contributed by atoms with Gasteiger partial charge in [0.1, 0.15) is 0 Å². The van der Waals surface area contributed by atoms with Crippen LogP contribution in [-0.2, 0) is 24.8 Å². The second-order valence-electron chi connectivity index (χ2n) is 7.42. The molecule has 0 amide bonds. The molecule has 0 aliphatic carbocycles. The van der Waals surface area contributed by atoms with Gasteiger partial charge in [0.05, 0.1) is 29.6 Å². The number of aromatic nitrogens is 2. The highest BCUT2D eigenvalue weighted by atomic mass is 15.3. The summed E-state index contributed by atoms with van der Waals surface area (Å²) in [7, 11) is 2.17. The fraction of sp³-hybridized carbons (Fsp3) is 0.474. The highest BCUT2D eigenvalue weighted by Gasteiger charge is 2.29. The van der Waals surface area contributed by atoms with Gasteiger partial charge in [-0.05, 0) is 24.7 Å². The van der Waals surface area contributed by atoms with Gasteiger partial charge in [0.25, 0.3) is 0 Å². The highest BCUT2D eigenvalue weighted by Crippen LogP contribution is 2.32. The lowest BCUT2D eigenvalue weighted by Crippen LogP contribution is -2.28. The Labute approximate surface area is 138 Å². The molecule has 0 spiro atoms. The van der Waals surface area contributed by atoms with E-state index in [0.717, 1.165) is 30.8 Å². The molecule has 4 heteroatoms. The van der Waals surface area contributed by atoms with Crippen molar-refractivity contribution in [2.75, 3.05) is 13.6 Å². The minimum Gasteiger partial charge on any atom is -0.302 e. The molecular formula is C19H24N4. The van der Waals surface area contributed by atoms with Crippen molar-refractivity contribution >= 4 is 0 Å². The lowest BCUT2D eigenvalue weighted by atomic mass is 9.87. The van der Waals surface area contributed by atoms with Crippen LogP contribution in [0.4, 0.5) is 0 Å². The Kier molecular flexibility index (Phi) is 3.99. The fourth-order valence-electron chi connectivity index (χ4n) is 3.22. The molecule has 0 saturated heterocycles. The molecule has 0 radical (unpaired) electrons. The van der Waals surface area contributed by atoms with Gasteiger partial charge < -0.3 is 4.90 Å². The van der Waals surface area contributed by atoms with Crippen LogP contribution >= 0.6 is 0 Å². The number of hydrogen-bond donors (Lipinski definition) is 0. The zero-order valence-electron chi connectivity index (χ0n) is 14.4. The van der Waals surface area contributed by atoms with E-state index in [1.807, 2.05) is 12.1 Å². The first kappa shape index (κ1) is 15.8. The van der Waals surface area contributed by atoms with E-state index in [0.29, 0.717) is 6.42 Å². The van der Waals surface area contributed by atoms with Crippen LogP contribution in [0.1, 0.15) is 43.3 Å². The summed E-state index contributed by atoms with van der Waals surface area (Å²) in [5.74, 6) is 0. The van der Waals surface area contributed by atoms with Gasteiger partial charge in [-0.1, -0.05) is 32.9 Å². The largest absolute Gasteiger partial charge is 0.302 e. The van der Waals surface area contributed by atoms with E-state index >= 15 is 0 Å². The molecule has 3 rings (SSSR count). The van der Waals surface area contributed by atoms with Crippen molar-refractivity contribution in [2.24, 2.45) is 0 Å². The average molecular weight is 308 g/mol. The summed E-state index contributed by atoms with van der Waals surface area (Å²) < 4.78 is 2.11. The summed E-state index contributed by atoms with van der Waals surface area (Å²) in [5, 5.41) is 13.8. The molecule has 0 saturated carbocycles. The Morgan fingerprint density at radius 2 is 1.91 bits per heavy atom. The number of nitriles is 1. The lowest BCUT2D eigenvalue weighted by molar-refractivity contribution is 0.307. The maximum Gasteiger partial charge on any atom is 0.0730 e. The number of nitrogens with zero attached hydrogens (tertiary/aromatic N) is 4. The van der Waals surface area contributed by atoms with Crippen molar-refractivity contribution < 1.29 is 0 Å². The molecule has 2 aromatic rings. The van der Waals surface area contributed by atoms with Crippen LogP contribution in [0.25, 0.3) is 5.69 Å². The highest BCUT2D eigenvalue weighted by molar-refractivity contribution is 5.42. The number of likely N-dealkylation sites (N-methyl/N-ethyl adjacent to an activating group) is 1. The van der Waals surface area contributed by atoms with Gasteiger partial charge in [-0.2, -0.15) is 10.4 Å². The predicted molar refractivity (Wildman–Crippen MR) is 91.6 cm³/mol. The van der Waals surface area contributed by atoms with Crippen LogP contribution in [0, 0.1) is 11.3 Å². The molecule has 0 fully saturated rings. The second-order valence-corrected chi connectivity index (χ2v) is 7.42. The van der Waals surface area contributed by atoms with E-state index in [2.05, 4.69) is 55.6 Å². The van der Waals surface area contributed by atoms with Gasteiger partial charge >= 0.3 is 0 Å². The van der Waals surface area contributed by atoms with Crippen LogP contribution in [0.15, 0.2) is 24.3 Å². The van der Waals surface area contributed by atoms with Crippen LogP contribution in [-0.4, -0.2) is 28.3 Å². The molecular weight excluding hydrogens is 284 g/mol. The Morgan fingerprint density at radius 1 is 1.22 bits per heavy atom. The van der Waals surface area contributed by atoms with E-state index in [4.69, 9.17) is 10.4 Å². The number of fused-ring (bicyclic) bond motifs is 1. The van der Waals surface area contributed by atoms with Crippen molar-refractivity contribution in [1.29, 1.82) is 5.26 Å². The van der Waals surface area contributed by atoms with E-state index in [9.17, 15) is 0 Å². The normalized spacial score (nSPS) is 15.3. The maximum absolute atomic E-state index is 8.81. The summed E-state index contributed by atoms with van der Waals surface area (Å²) in [6, 6.07) is 10.4. The van der Waals surface area contributed by atoms with Gasteiger partial charge in [-0.3, -0.25) is 0 Å². The third-order valence-corrected chi connectivity index (χ3v) is 4.42. The molecule has 120 valence electrons. The topological polar surface area (TPSA) is 44.9 Å². The quantitative estimate of drug-likeness (QED) is 0.855. The molecule has 23 heavy (non-hydrogen) atoms. The summed E-state index contributed by atoms with van der Waals surface area (Å²) in [6.45, 7) is 8.71. The van der Waals surface area contributed by atoms with Crippen LogP contribution < -0.4 is 0 Å². The van der Waals surface area contributed by atoms with Gasteiger partial charge in [0.15, 0.2) is 0 Å². The minimum atomic E-state index is 0.0360. The van der Waals surface area contributed by atoms with Gasteiger partial charge in [0, 0.05) is 30.5 Å². The van der Waals surface area contributed by atoms with Gasteiger partial charge in [-0.15, -0.1) is 0 Å². The zero-order valence-corrected chi connectivity index (χ0v) is 14.4. The maximum atomic E-state index is 8.81. The summed E-state index contributed by atoms with van der Waals surface area (Å²) in [5.41, 5.74) is 6.08. The van der Waals surface area contributed by atoms with E-state index in [1.54, 1.807) is 0 Å². The number of hydrogen-bond acceptors (Lipinski definition) is 3. The van der Waals surface area contributed by atoms with Crippen LogP contribution in [0.5, 0.6) is 0 Å². The van der Waals surface area contributed by atoms with Crippen molar-refractivity contribution in [3.63, 3.8) is 0 Å². The molecule has 0 unspecified atom stereocenters. The second kappa shape index (κ2) is 5.82. The SMILES string of the molecule is CN1CCc2c(c(C(C)(C)C)nn2-c2ccc(CC#N)cc2)C1. The molecule has 1 aliphatic rings. The molecule has 2 heterocycles. The molecule has 1 aromatic heterocycles. The molecule has 0 atom stereocenters. The zero-order chi connectivity index (χ0) is 16.6. The molecule has 1 aliphatic heterocycles. The standard InChI is InChI=1S/C19H24N4/c1-19(2,3)18-16-13-22(4)12-10-17(16)23(21-18)15-7-5-14(6-8-15)9-11-20/h5-8H,9-10,12-13H2,1-4H3. The Hall–Kier alpha value is -2.12. The third-order valence-electron chi connectivity index (χ3n) is 4.42. The van der Waals surface area contributed by atoms with E-state index < -0.39 is 0 Å². The first-order valence-corrected chi connectivity index (χ1v) is 8.16. The lowest BCUT2D eigenvalue weighted by Gasteiger charge is -2.26. The Morgan fingerprint density at radius 3 is 2.52 bits per heavy atom. The van der Waals surface area contributed by atoms with E-state index in [-0.39, 0.29) is 5.41 Å². The van der Waals surface area contributed by atoms with Crippen molar-refractivity contribution in [3.8, 4) is 11.8 Å². The van der Waals surface area contributed by atoms with Crippen LogP contribution in [0.3, 0.4) is 0 Å². The molecule has 0 N–H and O–H groups in total. The van der Waals surface area contributed by atoms with Crippen LogP contribution in [0.2, 0.25) is 0 Å². The minimum absolute atomic E-state index is 0.0360. The van der Waals surface area contributed by atoms with Gasteiger partial charge in [0.2, 0.25) is 0 Å². The van der Waals surface area contributed by atoms with Crippen molar-refractivity contribution in [1.82, 2.24) is 14.7 Å². The summed E-state index contributed by atoms with van der Waals surface area (Å²) in [4.78, 5) is 2.36. The average Bonchev–Trinajstić information content (AvgIpc) is 2.87.